The summed E-state index contributed by atoms with van der Waals surface area (Å²) in [5.74, 6) is 0.0958. The minimum atomic E-state index is -0.00533. The van der Waals surface area contributed by atoms with E-state index in [2.05, 4.69) is 58.7 Å². The maximum absolute atomic E-state index is 13.4. The molecule has 172 valence electrons. The van der Waals surface area contributed by atoms with Crippen LogP contribution in [0.5, 0.6) is 0 Å². The molecule has 1 fully saturated rings. The lowest BCUT2D eigenvalue weighted by Gasteiger charge is -2.33. The standard InChI is InChI=1S/C31H27N3O/c35-31(33-30-26-13-4-6-15-28(26)32-29-16-7-5-14-27(29)30)23-17-19-34(20-18-23)25-12-8-11-24(21-25)22-9-2-1-3-10-22/h1-16,21,23H,17-20H2,(H,32,33,35). The van der Waals surface area contributed by atoms with Crippen molar-refractivity contribution in [2.75, 3.05) is 23.3 Å². The zero-order valence-corrected chi connectivity index (χ0v) is 19.5. The summed E-state index contributed by atoms with van der Waals surface area (Å²) < 4.78 is 0. The second kappa shape index (κ2) is 9.22. The summed E-state index contributed by atoms with van der Waals surface area (Å²) in [4.78, 5) is 20.6. The number of rotatable bonds is 4. The topological polar surface area (TPSA) is 45.2 Å². The van der Waals surface area contributed by atoms with E-state index in [1.165, 1.54) is 16.8 Å². The highest BCUT2D eigenvalue weighted by molar-refractivity contribution is 6.12. The Balaban J connectivity index is 1.19. The molecule has 0 saturated carbocycles. The van der Waals surface area contributed by atoms with Crippen molar-refractivity contribution in [2.45, 2.75) is 12.8 Å². The third kappa shape index (κ3) is 4.24. The molecule has 1 amide bonds. The highest BCUT2D eigenvalue weighted by Gasteiger charge is 2.26. The molecule has 4 aromatic carbocycles. The largest absolute Gasteiger partial charge is 0.371 e. The Morgan fingerprint density at radius 2 is 1.31 bits per heavy atom. The monoisotopic (exact) mass is 457 g/mol. The summed E-state index contributed by atoms with van der Waals surface area (Å²) >= 11 is 0. The van der Waals surface area contributed by atoms with E-state index in [4.69, 9.17) is 4.98 Å². The number of benzene rings is 4. The first-order valence-corrected chi connectivity index (χ1v) is 12.2. The molecule has 6 rings (SSSR count). The molecule has 1 aromatic heterocycles. The van der Waals surface area contributed by atoms with Crippen LogP contribution >= 0.6 is 0 Å². The van der Waals surface area contributed by atoms with Crippen molar-refractivity contribution >= 4 is 39.1 Å². The van der Waals surface area contributed by atoms with Gasteiger partial charge in [-0.05, 0) is 48.2 Å². The predicted octanol–water partition coefficient (Wildman–Crippen LogP) is 6.91. The Kier molecular flexibility index (Phi) is 5.63. The summed E-state index contributed by atoms with van der Waals surface area (Å²) in [6.45, 7) is 1.74. The van der Waals surface area contributed by atoms with E-state index in [0.717, 1.165) is 53.4 Å². The van der Waals surface area contributed by atoms with Gasteiger partial charge < -0.3 is 10.2 Å². The summed E-state index contributed by atoms with van der Waals surface area (Å²) in [7, 11) is 0. The van der Waals surface area contributed by atoms with E-state index in [1.807, 2.05) is 54.6 Å². The maximum atomic E-state index is 13.4. The third-order valence-electron chi connectivity index (χ3n) is 7.02. The molecule has 0 radical (unpaired) electrons. The molecule has 35 heavy (non-hydrogen) atoms. The number of aromatic nitrogens is 1. The second-order valence-corrected chi connectivity index (χ2v) is 9.19. The van der Waals surface area contributed by atoms with Crippen LogP contribution in [-0.4, -0.2) is 24.0 Å². The number of fused-ring (bicyclic) bond motifs is 2. The lowest BCUT2D eigenvalue weighted by molar-refractivity contribution is -0.120. The number of nitrogens with zero attached hydrogens (tertiary/aromatic N) is 2. The molecule has 0 unspecified atom stereocenters. The van der Waals surface area contributed by atoms with E-state index >= 15 is 0 Å². The molecule has 1 aliphatic heterocycles. The molecule has 1 aliphatic rings. The van der Waals surface area contributed by atoms with Crippen molar-refractivity contribution in [3.05, 3.63) is 103 Å². The van der Waals surface area contributed by atoms with Crippen LogP contribution in [0.3, 0.4) is 0 Å². The van der Waals surface area contributed by atoms with Crippen molar-refractivity contribution in [1.29, 1.82) is 0 Å². The Hall–Kier alpha value is -4.18. The van der Waals surface area contributed by atoms with E-state index in [0.29, 0.717) is 0 Å². The van der Waals surface area contributed by atoms with Gasteiger partial charge in [0.1, 0.15) is 0 Å². The smallest absolute Gasteiger partial charge is 0.227 e. The molecule has 0 aliphatic carbocycles. The van der Waals surface area contributed by atoms with Gasteiger partial charge in [0.15, 0.2) is 0 Å². The van der Waals surface area contributed by atoms with Crippen LogP contribution in [0.1, 0.15) is 12.8 Å². The van der Waals surface area contributed by atoms with Crippen molar-refractivity contribution in [2.24, 2.45) is 5.92 Å². The van der Waals surface area contributed by atoms with E-state index in [9.17, 15) is 4.79 Å². The van der Waals surface area contributed by atoms with Gasteiger partial charge in [0, 0.05) is 35.5 Å². The average molecular weight is 458 g/mol. The van der Waals surface area contributed by atoms with Crippen LogP contribution in [0.25, 0.3) is 32.9 Å². The lowest BCUT2D eigenvalue weighted by Crippen LogP contribution is -2.38. The fourth-order valence-corrected chi connectivity index (χ4v) is 5.11. The Bertz CT molecular complexity index is 1450. The first kappa shape index (κ1) is 21.4. The molecular formula is C31H27N3O. The molecule has 0 atom stereocenters. The van der Waals surface area contributed by atoms with Crippen LogP contribution in [0.4, 0.5) is 11.4 Å². The Morgan fingerprint density at radius 1 is 0.714 bits per heavy atom. The molecule has 1 saturated heterocycles. The van der Waals surface area contributed by atoms with Crippen molar-refractivity contribution < 1.29 is 4.79 Å². The zero-order valence-electron chi connectivity index (χ0n) is 19.5. The summed E-state index contributed by atoms with van der Waals surface area (Å²) in [6.07, 6.45) is 1.67. The first-order valence-electron chi connectivity index (χ1n) is 12.2. The van der Waals surface area contributed by atoms with Gasteiger partial charge >= 0.3 is 0 Å². The zero-order chi connectivity index (χ0) is 23.6. The van der Waals surface area contributed by atoms with Gasteiger partial charge in [-0.1, -0.05) is 78.9 Å². The Labute approximate surface area is 205 Å². The highest BCUT2D eigenvalue weighted by Crippen LogP contribution is 2.33. The normalized spacial score (nSPS) is 14.3. The van der Waals surface area contributed by atoms with Gasteiger partial charge in [-0.2, -0.15) is 0 Å². The summed E-state index contributed by atoms with van der Waals surface area (Å²) in [5, 5.41) is 5.25. The van der Waals surface area contributed by atoms with Gasteiger partial charge in [-0.15, -0.1) is 0 Å². The molecule has 2 heterocycles. The van der Waals surface area contributed by atoms with Gasteiger partial charge in [-0.3, -0.25) is 4.79 Å². The van der Waals surface area contributed by atoms with Gasteiger partial charge in [-0.25, -0.2) is 4.98 Å². The van der Waals surface area contributed by atoms with Crippen LogP contribution in [0, 0.1) is 5.92 Å². The fourth-order valence-electron chi connectivity index (χ4n) is 5.11. The van der Waals surface area contributed by atoms with E-state index < -0.39 is 0 Å². The lowest BCUT2D eigenvalue weighted by atomic mass is 9.94. The number of hydrogen-bond donors (Lipinski definition) is 1. The van der Waals surface area contributed by atoms with Crippen molar-refractivity contribution in [1.82, 2.24) is 4.98 Å². The number of carbonyl (C=O) groups is 1. The average Bonchev–Trinajstić information content (AvgIpc) is 2.93. The predicted molar refractivity (Wildman–Crippen MR) is 145 cm³/mol. The number of pyridine rings is 1. The van der Waals surface area contributed by atoms with Crippen LogP contribution in [-0.2, 0) is 4.79 Å². The van der Waals surface area contributed by atoms with Crippen LogP contribution in [0.2, 0.25) is 0 Å². The van der Waals surface area contributed by atoms with E-state index in [-0.39, 0.29) is 11.8 Å². The quantitative estimate of drug-likeness (QED) is 0.298. The number of amides is 1. The third-order valence-corrected chi connectivity index (χ3v) is 7.02. The maximum Gasteiger partial charge on any atom is 0.227 e. The Morgan fingerprint density at radius 3 is 2.00 bits per heavy atom. The molecule has 0 bridgehead atoms. The van der Waals surface area contributed by atoms with Gasteiger partial charge in [0.2, 0.25) is 5.91 Å². The number of nitrogens with one attached hydrogen (secondary N) is 1. The number of piperidine rings is 1. The van der Waals surface area contributed by atoms with Crippen LogP contribution in [0.15, 0.2) is 103 Å². The summed E-state index contributed by atoms with van der Waals surface area (Å²) in [5.41, 5.74) is 6.33. The van der Waals surface area contributed by atoms with Gasteiger partial charge in [0.05, 0.1) is 16.7 Å². The minimum absolute atomic E-state index is 0.00533. The minimum Gasteiger partial charge on any atom is -0.371 e. The van der Waals surface area contributed by atoms with Gasteiger partial charge in [0.25, 0.3) is 0 Å². The van der Waals surface area contributed by atoms with Crippen LogP contribution < -0.4 is 10.2 Å². The number of anilines is 2. The molecule has 1 N–H and O–H groups in total. The molecule has 4 heteroatoms. The van der Waals surface area contributed by atoms with Crippen molar-refractivity contribution in [3.8, 4) is 11.1 Å². The summed E-state index contributed by atoms with van der Waals surface area (Å²) in [6, 6.07) is 35.2. The molecule has 5 aromatic rings. The fraction of sp³-hybridized carbons (Fsp3) is 0.161. The number of hydrogen-bond acceptors (Lipinski definition) is 3. The number of para-hydroxylation sites is 2. The van der Waals surface area contributed by atoms with Crippen molar-refractivity contribution in [3.63, 3.8) is 0 Å². The molecule has 4 nitrogen and oxygen atoms in total. The number of carbonyl (C=O) groups excluding carboxylic acids is 1. The molecular weight excluding hydrogens is 430 g/mol. The second-order valence-electron chi connectivity index (χ2n) is 9.19. The van der Waals surface area contributed by atoms with E-state index in [1.54, 1.807) is 0 Å². The molecule has 0 spiro atoms. The first-order chi connectivity index (χ1) is 17.3. The highest BCUT2D eigenvalue weighted by atomic mass is 16.1. The SMILES string of the molecule is O=C(Nc1c2ccccc2nc2ccccc12)C1CCN(c2cccc(-c3ccccc3)c2)CC1.